The van der Waals surface area contributed by atoms with Gasteiger partial charge in [0.25, 0.3) is 0 Å². The highest BCUT2D eigenvalue weighted by Gasteiger charge is 2.54. The molecule has 3 aliphatic heterocycles. The standard InChI is InChI=1S/C20H21F5N4O2S.CH4O/c1-9-12-6-28(7-15(12)27-29(9)32-17-8-30-17)16-5-14(26)18(31-19(16)20(23,24)25)11-4-10(21)2-3-13(11)22;1-2/h2-4,14,16-19H,5-8,26H2,1H3;2H,1H3/t14?,16?,17?,18-,19?;/m1./s1. The maximum Gasteiger partial charge on any atom is 0.416 e. The van der Waals surface area contributed by atoms with Crippen LogP contribution in [0.4, 0.5) is 22.0 Å². The van der Waals surface area contributed by atoms with E-state index in [2.05, 4.69) is 5.10 Å². The minimum atomic E-state index is -4.71. The van der Waals surface area contributed by atoms with Crippen LogP contribution in [-0.4, -0.2) is 62.7 Å². The first-order chi connectivity index (χ1) is 16.1. The van der Waals surface area contributed by atoms with Crippen molar-refractivity contribution in [3.8, 4) is 0 Å². The topological polar surface area (TPSA) is 89.1 Å². The molecule has 4 heterocycles. The lowest BCUT2D eigenvalue weighted by molar-refractivity contribution is -0.269. The van der Waals surface area contributed by atoms with Crippen molar-refractivity contribution in [3.05, 3.63) is 52.3 Å². The van der Waals surface area contributed by atoms with Crippen LogP contribution in [0.1, 0.15) is 35.0 Å². The van der Waals surface area contributed by atoms with Gasteiger partial charge >= 0.3 is 6.18 Å². The van der Waals surface area contributed by atoms with E-state index in [1.807, 2.05) is 6.92 Å². The smallest absolute Gasteiger partial charge is 0.400 e. The molecule has 5 atom stereocenters. The van der Waals surface area contributed by atoms with E-state index in [-0.39, 0.29) is 30.5 Å². The number of aromatic nitrogens is 2. The lowest BCUT2D eigenvalue weighted by Gasteiger charge is -2.44. The molecule has 0 spiro atoms. The molecule has 7 nitrogen and oxygen atoms in total. The number of rotatable bonds is 4. The van der Waals surface area contributed by atoms with Crippen LogP contribution < -0.4 is 5.73 Å². The maximum atomic E-state index is 14.2. The first kappa shape index (κ1) is 25.3. The molecule has 0 aliphatic carbocycles. The Hall–Kier alpha value is -1.77. The molecule has 4 unspecified atom stereocenters. The van der Waals surface area contributed by atoms with E-state index in [9.17, 15) is 22.0 Å². The van der Waals surface area contributed by atoms with Crippen molar-refractivity contribution in [1.29, 1.82) is 0 Å². The summed E-state index contributed by atoms with van der Waals surface area (Å²) in [5.74, 6) is -1.62. The summed E-state index contributed by atoms with van der Waals surface area (Å²) < 4.78 is 82.2. The SMILES string of the molecule is CO.Cc1c2c(nn1SC1CO1)CN(C1CC(N)[C@@H](c3cc(F)ccc3F)OC1C(F)(F)F)C2. The molecule has 3 N–H and O–H groups in total. The molecule has 0 saturated carbocycles. The first-order valence-corrected chi connectivity index (χ1v) is 11.4. The summed E-state index contributed by atoms with van der Waals surface area (Å²) >= 11 is 1.44. The highest BCUT2D eigenvalue weighted by Crippen LogP contribution is 2.43. The van der Waals surface area contributed by atoms with Gasteiger partial charge in [-0.3, -0.25) is 4.90 Å². The Bertz CT molecular complexity index is 1030. The number of ether oxygens (including phenoxy) is 2. The average molecular weight is 509 g/mol. The van der Waals surface area contributed by atoms with E-state index >= 15 is 0 Å². The fourth-order valence-electron chi connectivity index (χ4n) is 4.45. The fraction of sp³-hybridized carbons (Fsp3) is 0.571. The Balaban J connectivity index is 0.00000133. The molecule has 0 bridgehead atoms. The molecule has 1 aromatic heterocycles. The van der Waals surface area contributed by atoms with Crippen molar-refractivity contribution < 1.29 is 36.5 Å². The van der Waals surface area contributed by atoms with E-state index in [1.165, 1.54) is 11.9 Å². The largest absolute Gasteiger partial charge is 0.416 e. The van der Waals surface area contributed by atoms with Gasteiger partial charge in [-0.15, -0.1) is 0 Å². The third-order valence-corrected chi connectivity index (χ3v) is 7.18. The summed E-state index contributed by atoms with van der Waals surface area (Å²) in [6.45, 7) is 3.03. The number of epoxide rings is 1. The number of hydrogen-bond donors (Lipinski definition) is 2. The van der Waals surface area contributed by atoms with Gasteiger partial charge in [0.15, 0.2) is 6.10 Å². The average Bonchev–Trinajstić information content (AvgIpc) is 3.44. The molecule has 3 aliphatic rings. The number of hydrogen-bond acceptors (Lipinski definition) is 7. The van der Waals surface area contributed by atoms with Crippen molar-refractivity contribution in [2.24, 2.45) is 5.73 Å². The predicted octanol–water partition coefficient (Wildman–Crippen LogP) is 3.03. The second-order valence-corrected chi connectivity index (χ2v) is 9.39. The Morgan fingerprint density at radius 2 is 1.91 bits per heavy atom. The number of halogens is 5. The zero-order valence-electron chi connectivity index (χ0n) is 18.4. The van der Waals surface area contributed by atoms with Gasteiger partial charge in [0.05, 0.1) is 18.0 Å². The number of nitrogens with two attached hydrogens (primary N) is 1. The van der Waals surface area contributed by atoms with Gasteiger partial charge in [0.1, 0.15) is 23.2 Å². The molecular formula is C21H25F5N4O3S. The minimum absolute atomic E-state index is 0.0596. The van der Waals surface area contributed by atoms with Crippen molar-refractivity contribution in [2.75, 3.05) is 13.7 Å². The molecule has 34 heavy (non-hydrogen) atoms. The monoisotopic (exact) mass is 508 g/mol. The number of fused-ring (bicyclic) bond motifs is 1. The molecule has 13 heteroatoms. The van der Waals surface area contributed by atoms with Crippen LogP contribution in [-0.2, 0) is 22.6 Å². The third kappa shape index (κ3) is 4.95. The molecule has 1 aromatic carbocycles. The summed E-state index contributed by atoms with van der Waals surface area (Å²) in [5, 5.41) is 11.5. The normalized spacial score (nSPS) is 28.9. The van der Waals surface area contributed by atoms with E-state index in [4.69, 9.17) is 20.3 Å². The molecule has 5 rings (SSSR count). The Morgan fingerprint density at radius 3 is 2.53 bits per heavy atom. The summed E-state index contributed by atoms with van der Waals surface area (Å²) in [7, 11) is 1.00. The minimum Gasteiger partial charge on any atom is -0.400 e. The second-order valence-electron chi connectivity index (χ2n) is 8.31. The maximum absolute atomic E-state index is 14.2. The van der Waals surface area contributed by atoms with Crippen LogP contribution in [0.2, 0.25) is 0 Å². The van der Waals surface area contributed by atoms with Crippen LogP contribution >= 0.6 is 11.9 Å². The van der Waals surface area contributed by atoms with Crippen LogP contribution in [0.5, 0.6) is 0 Å². The zero-order valence-corrected chi connectivity index (χ0v) is 19.2. The fourth-order valence-corrected chi connectivity index (χ4v) is 5.29. The number of benzene rings is 1. The Morgan fingerprint density at radius 1 is 1.21 bits per heavy atom. The van der Waals surface area contributed by atoms with Gasteiger partial charge in [0, 0.05) is 55.4 Å². The molecule has 0 radical (unpaired) electrons. The summed E-state index contributed by atoms with van der Waals surface area (Å²) in [6.07, 6.45) is -8.39. The number of aliphatic hydroxyl groups is 1. The lowest BCUT2D eigenvalue weighted by atomic mass is 9.89. The molecule has 2 aromatic rings. The predicted molar refractivity (Wildman–Crippen MR) is 113 cm³/mol. The highest BCUT2D eigenvalue weighted by molar-refractivity contribution is 7.98. The van der Waals surface area contributed by atoms with E-state index < -0.39 is 42.1 Å². The first-order valence-electron chi connectivity index (χ1n) is 10.6. The second kappa shape index (κ2) is 9.70. The van der Waals surface area contributed by atoms with E-state index in [0.717, 1.165) is 36.6 Å². The Labute approximate surface area is 197 Å². The number of aliphatic hydroxyl groups excluding tert-OH is 1. The quantitative estimate of drug-likeness (QED) is 0.485. The number of nitrogens with zero attached hydrogens (tertiary/aromatic N) is 3. The Kier molecular flexibility index (Phi) is 7.23. The zero-order chi connectivity index (χ0) is 24.8. The van der Waals surface area contributed by atoms with Gasteiger partial charge in [-0.25, -0.2) is 12.9 Å². The van der Waals surface area contributed by atoms with Crippen molar-refractivity contribution >= 4 is 11.9 Å². The van der Waals surface area contributed by atoms with Gasteiger partial charge in [-0.05, 0) is 31.5 Å². The summed E-state index contributed by atoms with van der Waals surface area (Å²) in [4.78, 5) is 1.66. The van der Waals surface area contributed by atoms with Crippen LogP contribution in [0.25, 0.3) is 0 Å². The van der Waals surface area contributed by atoms with E-state index in [1.54, 1.807) is 8.99 Å². The third-order valence-electron chi connectivity index (χ3n) is 6.12. The molecule has 2 fully saturated rings. The van der Waals surface area contributed by atoms with E-state index in [0.29, 0.717) is 12.3 Å². The van der Waals surface area contributed by atoms with Gasteiger partial charge in [-0.1, -0.05) is 0 Å². The molecule has 0 amide bonds. The van der Waals surface area contributed by atoms with Gasteiger partial charge < -0.3 is 20.3 Å². The molecule has 188 valence electrons. The number of alkyl halides is 3. The molecule has 2 saturated heterocycles. The van der Waals surface area contributed by atoms with Crippen LogP contribution in [0.15, 0.2) is 18.2 Å². The van der Waals surface area contributed by atoms with Crippen molar-refractivity contribution in [2.45, 2.75) is 62.3 Å². The van der Waals surface area contributed by atoms with Crippen molar-refractivity contribution in [1.82, 2.24) is 14.1 Å². The van der Waals surface area contributed by atoms with Crippen molar-refractivity contribution in [3.63, 3.8) is 0 Å². The summed E-state index contributed by atoms with van der Waals surface area (Å²) in [5.41, 5.74) is 8.36. The lowest BCUT2D eigenvalue weighted by Crippen LogP contribution is -2.58. The van der Waals surface area contributed by atoms with Gasteiger partial charge in [-0.2, -0.15) is 18.3 Å². The highest BCUT2D eigenvalue weighted by atomic mass is 32.2. The van der Waals surface area contributed by atoms with Gasteiger partial charge in [0.2, 0.25) is 0 Å². The van der Waals surface area contributed by atoms with Crippen LogP contribution in [0.3, 0.4) is 0 Å². The molecular weight excluding hydrogens is 483 g/mol. The van der Waals surface area contributed by atoms with Crippen LogP contribution in [0, 0.1) is 18.6 Å². The summed E-state index contributed by atoms with van der Waals surface area (Å²) in [6, 6.07) is 0.590.